The molecule has 0 saturated heterocycles. The smallest absolute Gasteiger partial charge is 0.287 e. The first-order valence-corrected chi connectivity index (χ1v) is 11.6. The number of anilines is 2. The Kier molecular flexibility index (Phi) is 5.08. The van der Waals surface area contributed by atoms with E-state index in [1.54, 1.807) is 96.7 Å². The first-order valence-electron chi connectivity index (χ1n) is 11.6. The van der Waals surface area contributed by atoms with Gasteiger partial charge < -0.3 is 0 Å². The maximum Gasteiger partial charge on any atom is 0.327 e. The molecule has 0 bridgehead atoms. The number of carbonyl (C=O) groups is 4. The van der Waals surface area contributed by atoms with Crippen molar-refractivity contribution in [1.82, 2.24) is 4.98 Å². The molecule has 0 fully saturated rings. The number of carbonyl (C=O) groups excluding carboxylic acids is 4. The van der Waals surface area contributed by atoms with Gasteiger partial charge in [-0.05, 0) is 42.5 Å². The quantitative estimate of drug-likeness (QED) is 0.319. The number of hydrogen-bond acceptors (Lipinski definition) is 5. The minimum atomic E-state index is -0.581. The topological polar surface area (TPSA) is 91.5 Å². The minimum Gasteiger partial charge on any atom is -0.287 e. The molecule has 2 amide bonds. The summed E-state index contributed by atoms with van der Waals surface area (Å²) in [5.74, 6) is -2.12. The summed E-state index contributed by atoms with van der Waals surface area (Å²) in [4.78, 5) is 62.0. The second-order valence-corrected chi connectivity index (χ2v) is 8.58. The summed E-state index contributed by atoms with van der Waals surface area (Å²) >= 11 is 0. The van der Waals surface area contributed by atoms with Crippen LogP contribution in [-0.4, -0.2) is 28.4 Å². The van der Waals surface area contributed by atoms with E-state index in [4.69, 9.17) is 0 Å². The molecule has 0 N–H and O–H groups in total. The van der Waals surface area contributed by atoms with Gasteiger partial charge in [-0.3, -0.25) is 34.0 Å². The van der Waals surface area contributed by atoms with Crippen LogP contribution in [0.15, 0.2) is 109 Å². The molecule has 0 unspecified atom stereocenters. The number of rotatable bonds is 2. The third-order valence-corrected chi connectivity index (χ3v) is 6.45. The number of amides is 2. The largest absolute Gasteiger partial charge is 0.327 e. The lowest BCUT2D eigenvalue weighted by atomic mass is 10.1. The molecular formula is C29H19N4O4+. The number of ketones is 2. The van der Waals surface area contributed by atoms with Crippen molar-refractivity contribution in [3.63, 3.8) is 0 Å². The summed E-state index contributed by atoms with van der Waals surface area (Å²) in [7, 11) is 1.72. The monoisotopic (exact) mass is 487 g/mol. The van der Waals surface area contributed by atoms with Crippen molar-refractivity contribution < 1.29 is 23.7 Å². The van der Waals surface area contributed by atoms with E-state index in [2.05, 4.69) is 4.98 Å². The highest BCUT2D eigenvalue weighted by Crippen LogP contribution is 2.43. The lowest BCUT2D eigenvalue weighted by Gasteiger charge is -2.23. The normalized spacial score (nSPS) is 16.1. The van der Waals surface area contributed by atoms with Gasteiger partial charge in [-0.2, -0.15) is 4.57 Å². The number of para-hydroxylation sites is 2. The van der Waals surface area contributed by atoms with E-state index < -0.39 is 23.4 Å². The molecule has 2 aromatic carbocycles. The molecule has 178 valence electrons. The van der Waals surface area contributed by atoms with Gasteiger partial charge in [0.15, 0.2) is 6.20 Å². The lowest BCUT2D eigenvalue weighted by molar-refractivity contribution is -0.673. The van der Waals surface area contributed by atoms with Gasteiger partial charge in [0.1, 0.15) is 24.1 Å². The van der Waals surface area contributed by atoms with Crippen LogP contribution in [0.5, 0.6) is 0 Å². The molecule has 37 heavy (non-hydrogen) atoms. The van der Waals surface area contributed by atoms with Crippen LogP contribution in [-0.2, 0) is 7.05 Å². The van der Waals surface area contributed by atoms with Crippen LogP contribution in [0.3, 0.4) is 0 Å². The van der Waals surface area contributed by atoms with Crippen LogP contribution < -0.4 is 14.4 Å². The number of pyridine rings is 2. The lowest BCUT2D eigenvalue weighted by Crippen LogP contribution is -2.43. The van der Waals surface area contributed by atoms with E-state index in [1.165, 1.54) is 22.1 Å². The van der Waals surface area contributed by atoms with Gasteiger partial charge in [-0.25, -0.2) is 0 Å². The SMILES string of the molecule is C[n+]1ccccc1C(=O)N1/C(=C2\C(=O)c3ccccc3N2C(=O)c2ccccn2)C(=O)c2ccccc21. The Hall–Kier alpha value is -5.24. The van der Waals surface area contributed by atoms with Crippen molar-refractivity contribution in [2.45, 2.75) is 0 Å². The summed E-state index contributed by atoms with van der Waals surface area (Å²) in [6.07, 6.45) is 3.20. The summed E-state index contributed by atoms with van der Waals surface area (Å²) in [6.45, 7) is 0. The highest BCUT2D eigenvalue weighted by Gasteiger charge is 2.48. The molecule has 4 aromatic rings. The molecule has 2 aliphatic heterocycles. The fourth-order valence-electron chi connectivity index (χ4n) is 4.73. The van der Waals surface area contributed by atoms with E-state index in [1.807, 2.05) is 0 Å². The fraction of sp³-hybridized carbons (Fsp3) is 0.0345. The Labute approximate surface area is 211 Å². The van der Waals surface area contributed by atoms with E-state index in [-0.39, 0.29) is 28.2 Å². The zero-order chi connectivity index (χ0) is 25.7. The molecule has 0 saturated carbocycles. The third kappa shape index (κ3) is 3.30. The molecule has 0 aliphatic carbocycles. The van der Waals surface area contributed by atoms with Gasteiger partial charge in [0.2, 0.25) is 11.6 Å². The Morgan fingerprint density at radius 2 is 1.22 bits per heavy atom. The van der Waals surface area contributed by atoms with Crippen LogP contribution in [0.4, 0.5) is 11.4 Å². The van der Waals surface area contributed by atoms with Crippen LogP contribution >= 0.6 is 0 Å². The van der Waals surface area contributed by atoms with Crippen LogP contribution in [0.25, 0.3) is 0 Å². The Morgan fingerprint density at radius 3 is 1.78 bits per heavy atom. The molecule has 0 radical (unpaired) electrons. The zero-order valence-electron chi connectivity index (χ0n) is 19.7. The third-order valence-electron chi connectivity index (χ3n) is 6.45. The number of allylic oxidation sites excluding steroid dienone is 2. The second-order valence-electron chi connectivity index (χ2n) is 8.58. The molecule has 2 aliphatic rings. The Balaban J connectivity index is 1.63. The van der Waals surface area contributed by atoms with E-state index >= 15 is 0 Å². The Morgan fingerprint density at radius 1 is 0.676 bits per heavy atom. The minimum absolute atomic E-state index is 0.0976. The van der Waals surface area contributed by atoms with E-state index in [0.29, 0.717) is 17.1 Å². The first kappa shape index (κ1) is 22.2. The number of benzene rings is 2. The van der Waals surface area contributed by atoms with Crippen LogP contribution in [0.2, 0.25) is 0 Å². The molecule has 0 spiro atoms. The highest BCUT2D eigenvalue weighted by atomic mass is 16.2. The highest BCUT2D eigenvalue weighted by molar-refractivity contribution is 6.35. The van der Waals surface area contributed by atoms with Crippen LogP contribution in [0.1, 0.15) is 41.7 Å². The van der Waals surface area contributed by atoms with Crippen LogP contribution in [0, 0.1) is 0 Å². The van der Waals surface area contributed by atoms with Crippen molar-refractivity contribution in [1.29, 1.82) is 0 Å². The van der Waals surface area contributed by atoms with Gasteiger partial charge >= 0.3 is 5.91 Å². The summed E-state index contributed by atoms with van der Waals surface area (Å²) in [5, 5.41) is 0. The molecule has 8 nitrogen and oxygen atoms in total. The fourth-order valence-corrected chi connectivity index (χ4v) is 4.73. The van der Waals surface area contributed by atoms with E-state index in [9.17, 15) is 19.2 Å². The number of nitrogens with zero attached hydrogens (tertiary/aromatic N) is 4. The average molecular weight is 487 g/mol. The van der Waals surface area contributed by atoms with Gasteiger partial charge in [-0.15, -0.1) is 0 Å². The Bertz CT molecular complexity index is 1680. The van der Waals surface area contributed by atoms with Crippen molar-refractivity contribution in [3.8, 4) is 0 Å². The molecule has 0 atom stereocenters. The van der Waals surface area contributed by atoms with Crippen molar-refractivity contribution >= 4 is 34.8 Å². The molecular weight excluding hydrogens is 468 g/mol. The van der Waals surface area contributed by atoms with Gasteiger partial charge in [0, 0.05) is 29.5 Å². The number of hydrogen-bond donors (Lipinski definition) is 0. The number of aryl methyl sites for hydroxylation is 1. The maximum atomic E-state index is 14.0. The van der Waals surface area contributed by atoms with E-state index in [0.717, 1.165) is 0 Å². The predicted octanol–water partition coefficient (Wildman–Crippen LogP) is 3.50. The summed E-state index contributed by atoms with van der Waals surface area (Å²) < 4.78 is 1.64. The number of Topliss-reactive ketones (excluding diaryl/α,β-unsaturated/α-hetero) is 2. The molecule has 4 heterocycles. The summed E-state index contributed by atoms with van der Waals surface area (Å²) in [6, 6.07) is 23.3. The molecule has 6 rings (SSSR count). The standard InChI is InChI=1S/C29H19N4O4/c1-31-17-9-7-15-23(31)29(37)33-22-14-5-3-11-19(22)27(35)25(33)24-26(34)18-10-2-4-13-21(18)32(24)28(36)20-12-6-8-16-30-20/h2-17H,1H3/q+1/b25-24+. The zero-order valence-corrected chi connectivity index (χ0v) is 19.7. The molecule has 8 heteroatoms. The van der Waals surface area contributed by atoms with Crippen molar-refractivity contribution in [2.24, 2.45) is 7.05 Å². The molecule has 2 aromatic heterocycles. The predicted molar refractivity (Wildman–Crippen MR) is 134 cm³/mol. The average Bonchev–Trinajstić information content (AvgIpc) is 3.39. The van der Waals surface area contributed by atoms with Gasteiger partial charge in [0.05, 0.1) is 11.4 Å². The van der Waals surface area contributed by atoms with Crippen molar-refractivity contribution in [3.05, 3.63) is 131 Å². The number of fused-ring (bicyclic) bond motifs is 2. The maximum absolute atomic E-state index is 14.0. The second kappa shape index (κ2) is 8.46. The first-order chi connectivity index (χ1) is 18.0. The van der Waals surface area contributed by atoms with Gasteiger partial charge in [0.25, 0.3) is 11.6 Å². The van der Waals surface area contributed by atoms with Gasteiger partial charge in [-0.1, -0.05) is 30.3 Å². The summed E-state index contributed by atoms with van der Waals surface area (Å²) in [5.41, 5.74) is 1.26. The van der Waals surface area contributed by atoms with Crippen molar-refractivity contribution in [2.75, 3.05) is 9.80 Å². The number of aromatic nitrogens is 2.